The maximum Gasteiger partial charge on any atom is 0.164 e. The third-order valence-electron chi connectivity index (χ3n) is 12.5. The van der Waals surface area contributed by atoms with E-state index in [1.807, 2.05) is 17.4 Å². The number of aromatic nitrogens is 3. The molecule has 290 valence electrons. The second-order valence-corrected chi connectivity index (χ2v) is 17.0. The molecule has 62 heavy (non-hydrogen) atoms. The Labute approximate surface area is 364 Å². The van der Waals surface area contributed by atoms with Crippen molar-refractivity contribution in [2.45, 2.75) is 5.41 Å². The van der Waals surface area contributed by atoms with Gasteiger partial charge in [-0.25, -0.2) is 15.0 Å². The van der Waals surface area contributed by atoms with Crippen LogP contribution in [0.2, 0.25) is 0 Å². The lowest BCUT2D eigenvalue weighted by atomic mass is 9.67. The maximum absolute atomic E-state index is 5.26. The highest BCUT2D eigenvalue weighted by atomic mass is 32.1. The molecule has 11 aromatic rings. The van der Waals surface area contributed by atoms with Gasteiger partial charge in [0.25, 0.3) is 0 Å². The fraction of sp³-hybridized carbons (Fsp3) is 0.0172. The maximum atomic E-state index is 5.26. The van der Waals surface area contributed by atoms with Crippen molar-refractivity contribution < 1.29 is 0 Å². The minimum absolute atomic E-state index is 0.482. The fourth-order valence-corrected chi connectivity index (χ4v) is 10.7. The highest BCUT2D eigenvalue weighted by Gasteiger charge is 2.46. The average molecular weight is 808 g/mol. The van der Waals surface area contributed by atoms with Crippen molar-refractivity contribution >= 4 is 31.5 Å². The molecule has 0 spiro atoms. The molecule has 0 aliphatic heterocycles. The number of hydrogen-bond donors (Lipinski definition) is 0. The smallest absolute Gasteiger partial charge is 0.164 e. The lowest BCUT2D eigenvalue weighted by Gasteiger charge is -2.33. The van der Waals surface area contributed by atoms with Crippen LogP contribution >= 0.6 is 11.3 Å². The Bertz CT molecular complexity index is 3390. The van der Waals surface area contributed by atoms with Crippen LogP contribution in [0.15, 0.2) is 224 Å². The summed E-state index contributed by atoms with van der Waals surface area (Å²) in [5.74, 6) is 1.90. The third kappa shape index (κ3) is 5.83. The van der Waals surface area contributed by atoms with Gasteiger partial charge in [0.05, 0.1) is 5.41 Å². The van der Waals surface area contributed by atoms with Gasteiger partial charge in [-0.15, -0.1) is 11.3 Å². The molecule has 1 aliphatic rings. The number of rotatable bonds is 7. The molecule has 2 aromatic heterocycles. The molecular formula is C58H37N3S. The van der Waals surface area contributed by atoms with E-state index in [0.29, 0.717) is 17.5 Å². The van der Waals surface area contributed by atoms with Crippen molar-refractivity contribution in [2.75, 3.05) is 0 Å². The van der Waals surface area contributed by atoms with Gasteiger partial charge in [0, 0.05) is 36.9 Å². The van der Waals surface area contributed by atoms with Crippen LogP contribution in [0.3, 0.4) is 0 Å². The van der Waals surface area contributed by atoms with E-state index in [1.165, 1.54) is 64.7 Å². The van der Waals surface area contributed by atoms with E-state index in [9.17, 15) is 0 Å². The van der Waals surface area contributed by atoms with Gasteiger partial charge in [-0.1, -0.05) is 206 Å². The zero-order chi connectivity index (χ0) is 41.0. The molecule has 3 nitrogen and oxygen atoms in total. The topological polar surface area (TPSA) is 38.7 Å². The highest BCUT2D eigenvalue weighted by molar-refractivity contribution is 7.25. The number of hydrogen-bond acceptors (Lipinski definition) is 4. The number of fused-ring (bicyclic) bond motifs is 6. The predicted molar refractivity (Wildman–Crippen MR) is 257 cm³/mol. The van der Waals surface area contributed by atoms with E-state index in [4.69, 9.17) is 15.0 Å². The Morgan fingerprint density at radius 2 is 0.774 bits per heavy atom. The molecule has 0 fully saturated rings. The average Bonchev–Trinajstić information content (AvgIpc) is 3.89. The monoisotopic (exact) mass is 807 g/mol. The summed E-state index contributed by atoms with van der Waals surface area (Å²) in [6, 6.07) is 80.4. The Kier molecular flexibility index (Phi) is 8.58. The minimum Gasteiger partial charge on any atom is -0.208 e. The summed E-state index contributed by atoms with van der Waals surface area (Å²) in [6.07, 6.45) is 0. The standard InChI is InChI=1S/C58H37N3S/c1-4-15-38(16-5-1)39-27-31-41(32-28-39)55-59-56(42-33-29-40(30-34-42)46-23-14-26-53-54(46)48-22-11-13-25-52(48)62-53)61-57(60-55)43-35-36-51-49(37-43)47-21-10-12-24-50(47)58(51,44-17-6-2-7-18-44)45-19-8-3-9-20-45/h1-37H. The molecule has 0 N–H and O–H groups in total. The van der Waals surface area contributed by atoms with Crippen LogP contribution in [-0.2, 0) is 5.41 Å². The zero-order valence-electron chi connectivity index (χ0n) is 33.6. The minimum atomic E-state index is -0.482. The first-order valence-corrected chi connectivity index (χ1v) is 21.8. The van der Waals surface area contributed by atoms with Gasteiger partial charge in [0.2, 0.25) is 0 Å². The van der Waals surface area contributed by atoms with Crippen molar-refractivity contribution in [1.82, 2.24) is 15.0 Å². The molecule has 9 aromatic carbocycles. The molecule has 12 rings (SSSR count). The van der Waals surface area contributed by atoms with Crippen LogP contribution in [0.5, 0.6) is 0 Å². The molecular weight excluding hydrogens is 771 g/mol. The first-order chi connectivity index (χ1) is 30.7. The molecule has 4 heteroatoms. The van der Waals surface area contributed by atoms with Gasteiger partial charge in [-0.2, -0.15) is 0 Å². The largest absolute Gasteiger partial charge is 0.208 e. The van der Waals surface area contributed by atoms with E-state index < -0.39 is 5.41 Å². The van der Waals surface area contributed by atoms with Crippen molar-refractivity contribution in [3.8, 4) is 67.5 Å². The van der Waals surface area contributed by atoms with Gasteiger partial charge in [0.15, 0.2) is 17.5 Å². The molecule has 0 saturated carbocycles. The molecule has 0 saturated heterocycles. The molecule has 0 bridgehead atoms. The van der Waals surface area contributed by atoms with Crippen LogP contribution in [0.1, 0.15) is 22.3 Å². The lowest BCUT2D eigenvalue weighted by molar-refractivity contribution is 0.768. The summed E-state index contributed by atoms with van der Waals surface area (Å²) in [5, 5.41) is 2.59. The SMILES string of the molecule is c1ccc(-c2ccc(-c3nc(-c4ccc(-c5cccc6sc7ccccc7c56)cc4)nc(-c4ccc5c(c4)-c4ccccc4C5(c4ccccc4)c4ccccc4)n3)cc2)cc1. The summed E-state index contributed by atoms with van der Waals surface area (Å²) in [6.45, 7) is 0. The van der Waals surface area contributed by atoms with Crippen molar-refractivity contribution in [3.63, 3.8) is 0 Å². The summed E-state index contributed by atoms with van der Waals surface area (Å²) in [5.41, 5.74) is 14.4. The molecule has 2 heterocycles. The first kappa shape index (κ1) is 36.1. The first-order valence-electron chi connectivity index (χ1n) is 21.0. The van der Waals surface area contributed by atoms with E-state index in [2.05, 4.69) is 218 Å². The molecule has 0 amide bonds. The van der Waals surface area contributed by atoms with Gasteiger partial charge in [-0.3, -0.25) is 0 Å². The summed E-state index contributed by atoms with van der Waals surface area (Å²) in [7, 11) is 0. The number of benzene rings is 9. The second kappa shape index (κ2) is 14.7. The van der Waals surface area contributed by atoms with Crippen LogP contribution in [0, 0.1) is 0 Å². The molecule has 0 atom stereocenters. The van der Waals surface area contributed by atoms with E-state index in [0.717, 1.165) is 27.8 Å². The Balaban J connectivity index is 1.01. The molecule has 0 radical (unpaired) electrons. The highest BCUT2D eigenvalue weighted by Crippen LogP contribution is 2.56. The Hall–Kier alpha value is -7.79. The number of thiophene rings is 1. The van der Waals surface area contributed by atoms with E-state index in [1.54, 1.807) is 0 Å². The van der Waals surface area contributed by atoms with Gasteiger partial charge >= 0.3 is 0 Å². The predicted octanol–water partition coefficient (Wildman–Crippen LogP) is 14.9. The van der Waals surface area contributed by atoms with Gasteiger partial charge in [-0.05, 0) is 73.8 Å². The van der Waals surface area contributed by atoms with Gasteiger partial charge < -0.3 is 0 Å². The van der Waals surface area contributed by atoms with Crippen LogP contribution < -0.4 is 0 Å². The lowest BCUT2D eigenvalue weighted by Crippen LogP contribution is -2.28. The normalized spacial score (nSPS) is 12.6. The fourth-order valence-electron chi connectivity index (χ4n) is 9.61. The Morgan fingerprint density at radius 1 is 0.306 bits per heavy atom. The summed E-state index contributed by atoms with van der Waals surface area (Å²) >= 11 is 1.84. The quantitative estimate of drug-likeness (QED) is 0.161. The number of nitrogens with zero attached hydrogens (tertiary/aromatic N) is 3. The third-order valence-corrected chi connectivity index (χ3v) is 13.6. The van der Waals surface area contributed by atoms with Crippen LogP contribution in [0.4, 0.5) is 0 Å². The second-order valence-electron chi connectivity index (χ2n) is 15.9. The summed E-state index contributed by atoms with van der Waals surface area (Å²) in [4.78, 5) is 15.7. The summed E-state index contributed by atoms with van der Waals surface area (Å²) < 4.78 is 2.59. The van der Waals surface area contributed by atoms with E-state index in [-0.39, 0.29) is 0 Å². The molecule has 0 unspecified atom stereocenters. The van der Waals surface area contributed by atoms with Gasteiger partial charge in [0.1, 0.15) is 0 Å². The van der Waals surface area contributed by atoms with Crippen molar-refractivity contribution in [1.29, 1.82) is 0 Å². The Morgan fingerprint density at radius 3 is 1.45 bits per heavy atom. The molecule has 1 aliphatic carbocycles. The van der Waals surface area contributed by atoms with Crippen LogP contribution in [-0.4, -0.2) is 15.0 Å². The van der Waals surface area contributed by atoms with Crippen molar-refractivity contribution in [3.05, 3.63) is 247 Å². The van der Waals surface area contributed by atoms with E-state index >= 15 is 0 Å². The van der Waals surface area contributed by atoms with Crippen molar-refractivity contribution in [2.24, 2.45) is 0 Å². The van der Waals surface area contributed by atoms with Crippen LogP contribution in [0.25, 0.3) is 87.7 Å². The zero-order valence-corrected chi connectivity index (χ0v) is 34.4.